The quantitative estimate of drug-likeness (QED) is 0.647. The van der Waals surface area contributed by atoms with E-state index in [1.807, 2.05) is 36.1 Å². The summed E-state index contributed by atoms with van der Waals surface area (Å²) >= 11 is 0. The van der Waals surface area contributed by atoms with Gasteiger partial charge >= 0.3 is 0 Å². The number of likely N-dealkylation sites (tertiary alicyclic amines) is 1. The van der Waals surface area contributed by atoms with Crippen LogP contribution in [-0.4, -0.2) is 62.2 Å². The van der Waals surface area contributed by atoms with Gasteiger partial charge in [-0.15, -0.1) is 4.31 Å². The first-order valence-corrected chi connectivity index (χ1v) is 13.1. The van der Waals surface area contributed by atoms with Gasteiger partial charge in [-0.2, -0.15) is 0 Å². The molecule has 0 aromatic heterocycles. The molecule has 0 N–H and O–H groups in total. The van der Waals surface area contributed by atoms with Gasteiger partial charge in [0.1, 0.15) is 6.04 Å². The molecule has 8 heteroatoms. The van der Waals surface area contributed by atoms with Crippen LogP contribution in [0.15, 0.2) is 53.4 Å². The lowest BCUT2D eigenvalue weighted by Crippen LogP contribution is -2.53. The lowest BCUT2D eigenvalue weighted by atomic mass is 10.0. The molecule has 5 rings (SSSR count). The summed E-state index contributed by atoms with van der Waals surface area (Å²) in [5.41, 5.74) is 2.83. The summed E-state index contributed by atoms with van der Waals surface area (Å²) in [6, 6.07) is 14.0. The fourth-order valence-corrected chi connectivity index (χ4v) is 6.95. The van der Waals surface area contributed by atoms with E-state index in [-0.39, 0.29) is 22.8 Å². The molecule has 2 aromatic carbocycles. The van der Waals surface area contributed by atoms with E-state index in [0.29, 0.717) is 51.9 Å². The van der Waals surface area contributed by atoms with Gasteiger partial charge in [0.15, 0.2) is 15.3 Å². The van der Waals surface area contributed by atoms with Gasteiger partial charge in [0.25, 0.3) is 5.91 Å². The number of amides is 2. The molecule has 33 heavy (non-hydrogen) atoms. The maximum atomic E-state index is 13.4. The van der Waals surface area contributed by atoms with E-state index in [1.165, 1.54) is 4.31 Å². The lowest BCUT2D eigenvalue weighted by molar-refractivity contribution is -0.136. The van der Waals surface area contributed by atoms with Crippen LogP contribution in [0, 0.1) is 6.92 Å². The number of benzene rings is 2. The molecule has 3 aliphatic rings. The van der Waals surface area contributed by atoms with Gasteiger partial charge in [-0.25, -0.2) is 0 Å². The molecule has 0 saturated carbocycles. The van der Waals surface area contributed by atoms with Gasteiger partial charge in [-0.3, -0.25) is 9.59 Å². The van der Waals surface area contributed by atoms with Crippen LogP contribution in [0.4, 0.5) is 0 Å². The average Bonchev–Trinajstić information content (AvgIpc) is 3.45. The van der Waals surface area contributed by atoms with E-state index in [1.54, 1.807) is 29.2 Å². The maximum Gasteiger partial charge on any atom is 0.254 e. The zero-order valence-corrected chi connectivity index (χ0v) is 19.6. The predicted octanol–water partition coefficient (Wildman–Crippen LogP) is 3.01. The Balaban J connectivity index is 1.24. The van der Waals surface area contributed by atoms with Crippen LogP contribution in [0.3, 0.4) is 0 Å². The average molecular weight is 468 g/mol. The predicted molar refractivity (Wildman–Crippen MR) is 124 cm³/mol. The Morgan fingerprint density at radius 1 is 1.00 bits per heavy atom. The molecule has 2 aromatic rings. The second-order valence-electron chi connectivity index (χ2n) is 9.23. The topological polar surface area (TPSA) is 84.0 Å². The van der Waals surface area contributed by atoms with Crippen molar-refractivity contribution in [1.82, 2.24) is 14.1 Å². The zero-order chi connectivity index (χ0) is 23.2. The first-order chi connectivity index (χ1) is 15.9. The molecule has 0 bridgehead atoms. The Morgan fingerprint density at radius 3 is 2.39 bits per heavy atom. The zero-order valence-electron chi connectivity index (χ0n) is 18.8. The van der Waals surface area contributed by atoms with Crippen LogP contribution >= 0.6 is 0 Å². The summed E-state index contributed by atoms with van der Waals surface area (Å²) in [6.07, 6.45) is 2.65. The second kappa shape index (κ2) is 8.66. The minimum absolute atomic E-state index is 0.0709. The van der Waals surface area contributed by atoms with Crippen LogP contribution in [0.2, 0.25) is 0 Å². The van der Waals surface area contributed by atoms with Crippen LogP contribution in [0.25, 0.3) is 0 Å². The highest BCUT2D eigenvalue weighted by atomic mass is 32.3. The standard InChI is InChI=1S/C25H29N3O4S/c1-18-8-10-21(11-9-18)33(31,32)28-14-4-7-23(28)25(30)26-15-12-20(13-16-26)27-17-19-5-2-3-6-22(19)24(27)29/h2-3,5-6,8-11,20,23H,4,7,12-17H2,1H3. The van der Waals surface area contributed by atoms with E-state index >= 15 is 0 Å². The molecule has 2 unspecified atom stereocenters. The number of hydrogen-bond acceptors (Lipinski definition) is 4. The van der Waals surface area contributed by atoms with Crippen molar-refractivity contribution >= 4 is 22.2 Å². The molecular weight excluding hydrogens is 438 g/mol. The molecular formula is C25H29N3O4S. The molecule has 2 saturated heterocycles. The molecule has 0 spiro atoms. The minimum atomic E-state index is -3.72. The molecule has 174 valence electrons. The van der Waals surface area contributed by atoms with E-state index in [4.69, 9.17) is 0 Å². The van der Waals surface area contributed by atoms with Crippen molar-refractivity contribution in [3.63, 3.8) is 0 Å². The molecule has 0 aliphatic carbocycles. The molecule has 2 fully saturated rings. The summed E-state index contributed by atoms with van der Waals surface area (Å²) in [5.74, 6) is -0.0424. The normalized spacial score (nSPS) is 23.6. The highest BCUT2D eigenvalue weighted by Gasteiger charge is 2.45. The van der Waals surface area contributed by atoms with E-state index in [0.717, 1.165) is 16.7 Å². The van der Waals surface area contributed by atoms with E-state index in [9.17, 15) is 18.4 Å². The van der Waals surface area contributed by atoms with Crippen LogP contribution in [0.5, 0.6) is 0 Å². The Labute approximate surface area is 195 Å². The Kier molecular flexibility index (Phi) is 5.84. The second-order valence-corrected chi connectivity index (χ2v) is 11.1. The molecule has 2 amide bonds. The van der Waals surface area contributed by atoms with Gasteiger partial charge in [0.05, 0.1) is 0 Å². The third kappa shape index (κ3) is 4.00. The van der Waals surface area contributed by atoms with Crippen molar-refractivity contribution < 1.29 is 18.4 Å². The Morgan fingerprint density at radius 2 is 1.70 bits per heavy atom. The SMILES string of the molecule is Cc1ccc([S+](=O)([O-])N2CCCC2C(=O)N2CCC(N3Cc4ccccc4C3=O)CC2)cc1. The highest BCUT2D eigenvalue weighted by Crippen LogP contribution is 2.33. The fraction of sp³-hybridized carbons (Fsp3) is 0.440. The maximum absolute atomic E-state index is 13.4. The van der Waals surface area contributed by atoms with Crippen LogP contribution < -0.4 is 0 Å². The number of hydrogen-bond donors (Lipinski definition) is 0. The number of carbonyl (C=O) groups is 2. The summed E-state index contributed by atoms with van der Waals surface area (Å²) < 4.78 is 27.8. The van der Waals surface area contributed by atoms with Crippen LogP contribution in [-0.2, 0) is 25.9 Å². The minimum Gasteiger partial charge on any atom is -0.593 e. The molecule has 3 heterocycles. The van der Waals surface area contributed by atoms with Crippen molar-refractivity contribution in [3.05, 3.63) is 65.2 Å². The number of piperidine rings is 1. The van der Waals surface area contributed by atoms with Crippen molar-refractivity contribution in [2.45, 2.75) is 56.1 Å². The number of nitrogens with zero attached hydrogens (tertiary/aromatic N) is 3. The van der Waals surface area contributed by atoms with Gasteiger partial charge in [-0.05, 0) is 56.4 Å². The summed E-state index contributed by atoms with van der Waals surface area (Å²) in [4.78, 5) is 30.1. The lowest BCUT2D eigenvalue weighted by Gasteiger charge is -2.38. The summed E-state index contributed by atoms with van der Waals surface area (Å²) in [7, 11) is -3.72. The first kappa shape index (κ1) is 22.3. The van der Waals surface area contributed by atoms with E-state index < -0.39 is 16.4 Å². The number of sulfonamides is 1. The van der Waals surface area contributed by atoms with Crippen molar-refractivity contribution in [3.8, 4) is 0 Å². The molecule has 7 nitrogen and oxygen atoms in total. The fourth-order valence-electron chi connectivity index (χ4n) is 5.30. The Bertz CT molecular complexity index is 1110. The summed E-state index contributed by atoms with van der Waals surface area (Å²) in [6.45, 7) is 3.98. The van der Waals surface area contributed by atoms with Gasteiger partial charge in [0, 0.05) is 37.8 Å². The number of fused-ring (bicyclic) bond motifs is 1. The molecule has 2 atom stereocenters. The van der Waals surface area contributed by atoms with Gasteiger partial charge in [-0.1, -0.05) is 40.1 Å². The van der Waals surface area contributed by atoms with Crippen molar-refractivity contribution in [1.29, 1.82) is 0 Å². The first-order valence-electron chi connectivity index (χ1n) is 11.6. The molecule has 0 radical (unpaired) electrons. The van der Waals surface area contributed by atoms with Crippen molar-refractivity contribution in [2.24, 2.45) is 0 Å². The van der Waals surface area contributed by atoms with Crippen LogP contribution in [0.1, 0.15) is 47.2 Å². The number of aryl methyl sites for hydroxylation is 1. The Hall–Kier alpha value is -2.55. The highest BCUT2D eigenvalue weighted by molar-refractivity contribution is 7.95. The van der Waals surface area contributed by atoms with Crippen molar-refractivity contribution in [2.75, 3.05) is 19.6 Å². The van der Waals surface area contributed by atoms with Gasteiger partial charge in [0.2, 0.25) is 5.91 Å². The summed E-state index contributed by atoms with van der Waals surface area (Å²) in [5, 5.41) is 0. The monoisotopic (exact) mass is 467 g/mol. The number of carbonyl (C=O) groups excluding carboxylic acids is 2. The smallest absolute Gasteiger partial charge is 0.254 e. The largest absolute Gasteiger partial charge is 0.593 e. The van der Waals surface area contributed by atoms with E-state index in [2.05, 4.69) is 0 Å². The molecule has 3 aliphatic heterocycles. The number of rotatable bonds is 4. The third-order valence-corrected chi connectivity index (χ3v) is 9.10. The third-order valence-electron chi connectivity index (χ3n) is 7.18. The van der Waals surface area contributed by atoms with Gasteiger partial charge < -0.3 is 14.4 Å².